The highest BCUT2D eigenvalue weighted by molar-refractivity contribution is 5.84. The number of aryl methyl sites for hydroxylation is 2. The Labute approximate surface area is 125 Å². The van der Waals surface area contributed by atoms with Crippen molar-refractivity contribution in [2.75, 3.05) is 6.61 Å². The zero-order valence-electron chi connectivity index (χ0n) is 13.0. The monoisotopic (exact) mass is 293 g/mol. The van der Waals surface area contributed by atoms with Crippen LogP contribution < -0.4 is 10.1 Å². The first-order valence-electron chi connectivity index (χ1n) is 7.01. The number of benzene rings is 1. The molecule has 1 amide bonds. The smallest absolute Gasteiger partial charge is 0.326 e. The fourth-order valence-electron chi connectivity index (χ4n) is 2.09. The van der Waals surface area contributed by atoms with Gasteiger partial charge in [0.1, 0.15) is 11.8 Å². The second kappa shape index (κ2) is 7.67. The van der Waals surface area contributed by atoms with Gasteiger partial charge in [-0.2, -0.15) is 0 Å². The molecule has 1 rings (SSSR count). The third-order valence-electron chi connectivity index (χ3n) is 2.91. The lowest BCUT2D eigenvalue weighted by molar-refractivity contribution is -0.142. The highest BCUT2D eigenvalue weighted by Gasteiger charge is 2.21. The van der Waals surface area contributed by atoms with Crippen LogP contribution in [0.2, 0.25) is 0 Å². The van der Waals surface area contributed by atoms with E-state index >= 15 is 0 Å². The summed E-state index contributed by atoms with van der Waals surface area (Å²) in [6.45, 7) is 7.53. The molecule has 0 aliphatic heterocycles. The molecule has 21 heavy (non-hydrogen) atoms. The zero-order valence-corrected chi connectivity index (χ0v) is 13.0. The number of amides is 1. The fraction of sp³-hybridized carbons (Fsp3) is 0.500. The molecule has 0 spiro atoms. The Morgan fingerprint density at radius 3 is 2.24 bits per heavy atom. The van der Waals surface area contributed by atoms with Gasteiger partial charge in [0, 0.05) is 0 Å². The van der Waals surface area contributed by atoms with Gasteiger partial charge < -0.3 is 15.2 Å². The van der Waals surface area contributed by atoms with E-state index in [0.717, 1.165) is 11.1 Å². The van der Waals surface area contributed by atoms with Crippen molar-refractivity contribution < 1.29 is 19.4 Å². The molecule has 2 N–H and O–H groups in total. The number of carbonyl (C=O) groups excluding carboxylic acids is 1. The Bertz CT molecular complexity index is 491. The number of hydrogen-bond donors (Lipinski definition) is 2. The van der Waals surface area contributed by atoms with Gasteiger partial charge in [-0.25, -0.2) is 4.79 Å². The van der Waals surface area contributed by atoms with Crippen molar-refractivity contribution in [1.29, 1.82) is 0 Å². The van der Waals surface area contributed by atoms with Gasteiger partial charge in [-0.3, -0.25) is 4.79 Å². The number of aliphatic carboxylic acids is 1. The molecule has 0 aromatic heterocycles. The quantitative estimate of drug-likeness (QED) is 0.809. The lowest BCUT2D eigenvalue weighted by Crippen LogP contribution is -2.43. The number of hydrogen-bond acceptors (Lipinski definition) is 3. The Hall–Kier alpha value is -2.04. The Morgan fingerprint density at radius 1 is 1.19 bits per heavy atom. The summed E-state index contributed by atoms with van der Waals surface area (Å²) in [5.41, 5.74) is 2.10. The third-order valence-corrected chi connectivity index (χ3v) is 2.91. The third kappa shape index (κ3) is 6.29. The van der Waals surface area contributed by atoms with Crippen LogP contribution in [0, 0.1) is 19.8 Å². The number of rotatable bonds is 7. The van der Waals surface area contributed by atoms with Crippen LogP contribution in [0.1, 0.15) is 31.4 Å². The summed E-state index contributed by atoms with van der Waals surface area (Å²) in [7, 11) is 0. The number of ether oxygens (including phenoxy) is 1. The van der Waals surface area contributed by atoms with Gasteiger partial charge in [0.25, 0.3) is 5.91 Å². The predicted octanol–water partition coefficient (Wildman–Crippen LogP) is 2.30. The van der Waals surface area contributed by atoms with Crippen LogP contribution >= 0.6 is 0 Å². The molecular formula is C16H23NO4. The maximum absolute atomic E-state index is 11.8. The minimum absolute atomic E-state index is 0.187. The molecule has 0 heterocycles. The molecule has 0 bridgehead atoms. The summed E-state index contributed by atoms with van der Waals surface area (Å²) >= 11 is 0. The largest absolute Gasteiger partial charge is 0.484 e. The van der Waals surface area contributed by atoms with Gasteiger partial charge in [0.15, 0.2) is 6.61 Å². The van der Waals surface area contributed by atoms with Gasteiger partial charge in [-0.05, 0) is 49.4 Å². The van der Waals surface area contributed by atoms with E-state index in [1.165, 1.54) is 0 Å². The van der Waals surface area contributed by atoms with Crippen molar-refractivity contribution >= 4 is 11.9 Å². The van der Waals surface area contributed by atoms with Crippen LogP contribution in [0.3, 0.4) is 0 Å². The molecule has 0 radical (unpaired) electrons. The van der Waals surface area contributed by atoms with Gasteiger partial charge in [0.2, 0.25) is 0 Å². The highest BCUT2D eigenvalue weighted by Crippen LogP contribution is 2.16. The molecule has 0 aliphatic rings. The summed E-state index contributed by atoms with van der Waals surface area (Å²) in [6.07, 6.45) is 0.393. The van der Waals surface area contributed by atoms with Crippen LogP contribution in [0.25, 0.3) is 0 Å². The molecule has 1 atom stereocenters. The summed E-state index contributed by atoms with van der Waals surface area (Å²) in [6, 6.07) is 4.81. The van der Waals surface area contributed by atoms with E-state index < -0.39 is 17.9 Å². The Kier molecular flexibility index (Phi) is 6.21. The van der Waals surface area contributed by atoms with E-state index in [9.17, 15) is 9.59 Å². The number of carbonyl (C=O) groups is 2. The van der Waals surface area contributed by atoms with E-state index in [1.807, 2.05) is 45.9 Å². The molecule has 0 fully saturated rings. The first-order chi connectivity index (χ1) is 9.77. The van der Waals surface area contributed by atoms with E-state index in [4.69, 9.17) is 9.84 Å². The van der Waals surface area contributed by atoms with Gasteiger partial charge in [0.05, 0.1) is 0 Å². The minimum atomic E-state index is -1.02. The lowest BCUT2D eigenvalue weighted by Gasteiger charge is -2.16. The van der Waals surface area contributed by atoms with Gasteiger partial charge in [-0.1, -0.05) is 19.9 Å². The molecule has 5 heteroatoms. The lowest BCUT2D eigenvalue weighted by atomic mass is 10.0. The fourth-order valence-corrected chi connectivity index (χ4v) is 2.09. The van der Waals surface area contributed by atoms with Crippen LogP contribution in [0.5, 0.6) is 5.75 Å². The Morgan fingerprint density at radius 2 is 1.76 bits per heavy atom. The van der Waals surface area contributed by atoms with E-state index in [-0.39, 0.29) is 12.5 Å². The van der Waals surface area contributed by atoms with Gasteiger partial charge in [-0.15, -0.1) is 0 Å². The molecule has 1 aromatic carbocycles. The number of nitrogens with one attached hydrogen (secondary N) is 1. The molecule has 0 aliphatic carbocycles. The SMILES string of the molecule is Cc1cc(C)cc(OCC(=O)N[C@H](CC(C)C)C(=O)O)c1. The average molecular weight is 293 g/mol. The molecule has 0 unspecified atom stereocenters. The second-order valence-corrected chi connectivity index (χ2v) is 5.70. The number of carboxylic acid groups (broad SMARTS) is 1. The molecule has 1 aromatic rings. The van der Waals surface area contributed by atoms with Crippen molar-refractivity contribution in [2.24, 2.45) is 5.92 Å². The molecule has 0 saturated heterocycles. The molecule has 116 valence electrons. The van der Waals surface area contributed by atoms with Crippen LogP contribution in [-0.4, -0.2) is 29.6 Å². The van der Waals surface area contributed by atoms with E-state index in [2.05, 4.69) is 5.32 Å². The average Bonchev–Trinajstić information content (AvgIpc) is 2.33. The Balaban J connectivity index is 2.54. The predicted molar refractivity (Wildman–Crippen MR) is 80.4 cm³/mol. The molecule has 0 saturated carbocycles. The summed E-state index contributed by atoms with van der Waals surface area (Å²) in [4.78, 5) is 22.9. The van der Waals surface area contributed by atoms with Crippen molar-refractivity contribution in [1.82, 2.24) is 5.32 Å². The maximum atomic E-state index is 11.8. The maximum Gasteiger partial charge on any atom is 0.326 e. The van der Waals surface area contributed by atoms with Crippen LogP contribution in [0.4, 0.5) is 0 Å². The highest BCUT2D eigenvalue weighted by atomic mass is 16.5. The molecule has 5 nitrogen and oxygen atoms in total. The summed E-state index contributed by atoms with van der Waals surface area (Å²) in [5, 5.41) is 11.6. The summed E-state index contributed by atoms with van der Waals surface area (Å²) < 4.78 is 5.41. The first kappa shape index (κ1) is 17.0. The topological polar surface area (TPSA) is 75.6 Å². The molecular weight excluding hydrogens is 270 g/mol. The second-order valence-electron chi connectivity index (χ2n) is 5.70. The van der Waals surface area contributed by atoms with E-state index in [0.29, 0.717) is 12.2 Å². The normalized spacial score (nSPS) is 12.0. The standard InChI is InChI=1S/C16H23NO4/c1-10(2)5-14(16(19)20)17-15(18)9-21-13-7-11(3)6-12(4)8-13/h6-8,10,14H,5,9H2,1-4H3,(H,17,18)(H,19,20)/t14-/m1/s1. The van der Waals surface area contributed by atoms with Crippen LogP contribution in [-0.2, 0) is 9.59 Å². The van der Waals surface area contributed by atoms with Crippen molar-refractivity contribution in [3.05, 3.63) is 29.3 Å². The van der Waals surface area contributed by atoms with Crippen molar-refractivity contribution in [3.8, 4) is 5.75 Å². The van der Waals surface area contributed by atoms with Gasteiger partial charge >= 0.3 is 5.97 Å². The number of carboxylic acids is 1. The van der Waals surface area contributed by atoms with Crippen molar-refractivity contribution in [2.45, 2.75) is 40.2 Å². The summed E-state index contributed by atoms with van der Waals surface area (Å²) in [5.74, 6) is -0.657. The van der Waals surface area contributed by atoms with E-state index in [1.54, 1.807) is 0 Å². The first-order valence-corrected chi connectivity index (χ1v) is 7.01. The van der Waals surface area contributed by atoms with Crippen molar-refractivity contribution in [3.63, 3.8) is 0 Å². The van der Waals surface area contributed by atoms with Crippen LogP contribution in [0.15, 0.2) is 18.2 Å². The minimum Gasteiger partial charge on any atom is -0.484 e. The zero-order chi connectivity index (χ0) is 16.0.